The first-order valence-corrected chi connectivity index (χ1v) is 14.9. The summed E-state index contributed by atoms with van der Waals surface area (Å²) in [6.45, 7) is 0. The topological polar surface area (TPSA) is 13.7 Å². The maximum absolute atomic E-state index is 2.86. The number of rotatable bonds is 0. The van der Waals surface area contributed by atoms with Crippen LogP contribution in [0.1, 0.15) is 50.1 Å². The predicted molar refractivity (Wildman–Crippen MR) is 152 cm³/mol. The van der Waals surface area contributed by atoms with Gasteiger partial charge in [0.1, 0.15) is 11.2 Å². The van der Waals surface area contributed by atoms with Crippen LogP contribution in [-0.2, 0) is 5.54 Å². The average Bonchev–Trinajstić information content (AvgIpc) is 3.74. The van der Waals surface area contributed by atoms with Gasteiger partial charge in [0, 0.05) is 39.6 Å². The van der Waals surface area contributed by atoms with Gasteiger partial charge in [-0.1, -0.05) is 36.8 Å². The summed E-state index contributed by atoms with van der Waals surface area (Å²) >= 11 is 0. The molecule has 3 fully saturated rings. The molecule has 0 amide bonds. The predicted octanol–water partition coefficient (Wildman–Crippen LogP) is 7.64. The maximum atomic E-state index is 2.86. The molecule has 3 saturated carbocycles. The first-order valence-electron chi connectivity index (χ1n) is 14.9. The molecule has 3 aromatic carbocycles. The molecule has 5 heterocycles. The highest BCUT2D eigenvalue weighted by molar-refractivity contribution is 6.12. The second-order valence-corrected chi connectivity index (χ2v) is 13.0. The lowest BCUT2D eigenvalue weighted by Gasteiger charge is -2.56. The van der Waals surface area contributed by atoms with Gasteiger partial charge in [0.15, 0.2) is 5.54 Å². The third-order valence-corrected chi connectivity index (χ3v) is 11.9. The van der Waals surface area contributed by atoms with Crippen LogP contribution >= 0.6 is 0 Å². The van der Waals surface area contributed by atoms with E-state index in [0.29, 0.717) is 12.0 Å². The second kappa shape index (κ2) is 6.17. The minimum absolute atomic E-state index is 0.0500. The van der Waals surface area contributed by atoms with E-state index in [-0.39, 0.29) is 5.54 Å². The molecule has 1 spiro atoms. The Morgan fingerprint density at radius 1 is 0.711 bits per heavy atom. The van der Waals surface area contributed by atoms with Crippen molar-refractivity contribution >= 4 is 43.7 Å². The van der Waals surface area contributed by atoms with Gasteiger partial charge in [0.2, 0.25) is 0 Å². The molecule has 2 aliphatic heterocycles. The van der Waals surface area contributed by atoms with Gasteiger partial charge in [-0.3, -0.25) is 0 Å². The van der Waals surface area contributed by atoms with Crippen LogP contribution in [0.4, 0.5) is 0 Å². The van der Waals surface area contributed by atoms with Gasteiger partial charge >= 0.3 is 0 Å². The Bertz CT molecular complexity index is 2040. The van der Waals surface area contributed by atoms with E-state index >= 15 is 0 Å². The van der Waals surface area contributed by atoms with E-state index in [9.17, 15) is 0 Å². The third kappa shape index (κ3) is 1.82. The fourth-order valence-corrected chi connectivity index (χ4v) is 11.1. The van der Waals surface area contributed by atoms with Crippen molar-refractivity contribution in [1.29, 1.82) is 0 Å². The Hall–Kier alpha value is -3.59. The van der Waals surface area contributed by atoms with Gasteiger partial charge in [0.05, 0.1) is 22.7 Å². The van der Waals surface area contributed by atoms with E-state index < -0.39 is 0 Å². The molecule has 0 radical (unpaired) electrons. The molecule has 11 rings (SSSR count). The van der Waals surface area contributed by atoms with Crippen molar-refractivity contribution in [3.8, 4) is 5.69 Å². The van der Waals surface area contributed by atoms with E-state index in [1.807, 2.05) is 0 Å². The van der Waals surface area contributed by atoms with Crippen molar-refractivity contribution in [1.82, 2.24) is 9.13 Å². The number of nitrogens with zero attached hydrogens (tertiary/aromatic N) is 3. The molecule has 0 bridgehead atoms. The standard InChI is InChI=1S/C35H30N3/c1-3-12-27-22(8-1)24-15-17-30-32-33(24)37(27)29-16-14-21-19-20-7-5-11-26(20)35(32,31(21)29)36-18-6-10-25-23-9-2-4-13-28(23)38(30)34(25)36/h1-4,6,8-10,12-13,15,17-18,20-21,26,29,31H,5,7,11,14,16,19H2/q+1. The van der Waals surface area contributed by atoms with E-state index in [1.165, 1.54) is 82.4 Å². The fraction of sp³-hybridized carbons (Fsp3) is 0.343. The normalized spacial score (nSPS) is 31.9. The molecule has 3 aliphatic carbocycles. The van der Waals surface area contributed by atoms with Crippen molar-refractivity contribution < 1.29 is 4.57 Å². The summed E-state index contributed by atoms with van der Waals surface area (Å²) in [7, 11) is 0. The zero-order chi connectivity index (χ0) is 24.3. The lowest BCUT2D eigenvalue weighted by atomic mass is 9.54. The fourth-order valence-electron chi connectivity index (χ4n) is 11.1. The molecule has 6 atom stereocenters. The van der Waals surface area contributed by atoms with Crippen molar-refractivity contribution in [3.63, 3.8) is 0 Å². The van der Waals surface area contributed by atoms with Crippen LogP contribution in [0.15, 0.2) is 79.0 Å². The summed E-state index contributed by atoms with van der Waals surface area (Å²) in [4.78, 5) is 0. The molecule has 6 unspecified atom stereocenters. The molecule has 6 aromatic rings. The summed E-state index contributed by atoms with van der Waals surface area (Å²) in [5.74, 6) is 3.06. The van der Waals surface area contributed by atoms with Gasteiger partial charge in [-0.15, -0.1) is 0 Å². The summed E-state index contributed by atoms with van der Waals surface area (Å²) in [5, 5.41) is 5.71. The summed E-state index contributed by atoms with van der Waals surface area (Å²) < 4.78 is 8.35. The summed E-state index contributed by atoms with van der Waals surface area (Å²) in [5.41, 5.74) is 8.94. The molecule has 5 aliphatic rings. The highest BCUT2D eigenvalue weighted by Gasteiger charge is 2.69. The number of para-hydroxylation sites is 2. The average molecular weight is 493 g/mol. The second-order valence-electron chi connectivity index (χ2n) is 13.0. The van der Waals surface area contributed by atoms with Crippen LogP contribution in [0.5, 0.6) is 0 Å². The third-order valence-electron chi connectivity index (χ3n) is 11.9. The molecule has 38 heavy (non-hydrogen) atoms. The van der Waals surface area contributed by atoms with E-state index in [2.05, 4.69) is 92.7 Å². The van der Waals surface area contributed by atoms with Crippen molar-refractivity contribution in [2.75, 3.05) is 0 Å². The number of fused-ring (bicyclic) bond motifs is 9. The first-order chi connectivity index (χ1) is 18.9. The molecule has 0 saturated heterocycles. The van der Waals surface area contributed by atoms with Gasteiger partial charge in [-0.05, 0) is 86.4 Å². The summed E-state index contributed by atoms with van der Waals surface area (Å²) in [6.07, 6.45) is 10.9. The van der Waals surface area contributed by atoms with Gasteiger partial charge < -0.3 is 4.57 Å². The molecular weight excluding hydrogens is 462 g/mol. The maximum Gasteiger partial charge on any atom is 0.295 e. The molecule has 3 aromatic heterocycles. The van der Waals surface area contributed by atoms with Crippen molar-refractivity contribution in [3.05, 3.63) is 84.6 Å². The SMILES string of the molecule is c1ccc2c(c1)c1ccc[n+]3c1n2-c1ccc2c4ccccc4n4c2c1C31C2CCCC2CC2CCC4C21. The van der Waals surface area contributed by atoms with Crippen LogP contribution in [0.3, 0.4) is 0 Å². The van der Waals surface area contributed by atoms with Crippen molar-refractivity contribution in [2.24, 2.45) is 23.7 Å². The van der Waals surface area contributed by atoms with Crippen LogP contribution < -0.4 is 4.57 Å². The number of hydrogen-bond donors (Lipinski definition) is 0. The van der Waals surface area contributed by atoms with Crippen LogP contribution in [0.2, 0.25) is 0 Å². The Labute approximate surface area is 221 Å². The van der Waals surface area contributed by atoms with Gasteiger partial charge in [-0.2, -0.15) is 4.57 Å². The zero-order valence-corrected chi connectivity index (χ0v) is 21.5. The zero-order valence-electron chi connectivity index (χ0n) is 21.5. The Kier molecular flexibility index (Phi) is 3.16. The largest absolute Gasteiger partial charge is 0.336 e. The van der Waals surface area contributed by atoms with E-state index in [1.54, 1.807) is 11.1 Å². The van der Waals surface area contributed by atoms with E-state index in [4.69, 9.17) is 0 Å². The monoisotopic (exact) mass is 492 g/mol. The quantitative estimate of drug-likeness (QED) is 0.193. The molecule has 184 valence electrons. The summed E-state index contributed by atoms with van der Waals surface area (Å²) in [6, 6.07) is 28.7. The Morgan fingerprint density at radius 2 is 1.53 bits per heavy atom. The van der Waals surface area contributed by atoms with Crippen molar-refractivity contribution in [2.45, 2.75) is 50.1 Å². The lowest BCUT2D eigenvalue weighted by Crippen LogP contribution is -2.72. The number of pyridine rings is 1. The highest BCUT2D eigenvalue weighted by Crippen LogP contribution is 2.68. The minimum atomic E-state index is 0.0500. The Balaban J connectivity index is 1.46. The lowest BCUT2D eigenvalue weighted by molar-refractivity contribution is -0.757. The van der Waals surface area contributed by atoms with Crippen LogP contribution in [0, 0.1) is 23.7 Å². The Morgan fingerprint density at radius 3 is 2.45 bits per heavy atom. The minimum Gasteiger partial charge on any atom is -0.336 e. The molecule has 3 nitrogen and oxygen atoms in total. The smallest absolute Gasteiger partial charge is 0.295 e. The van der Waals surface area contributed by atoms with Gasteiger partial charge in [-0.25, -0.2) is 4.57 Å². The highest BCUT2D eigenvalue weighted by atomic mass is 15.2. The molecular formula is C35H30N3+. The van der Waals surface area contributed by atoms with Gasteiger partial charge in [0.25, 0.3) is 5.65 Å². The van der Waals surface area contributed by atoms with E-state index in [0.717, 1.165) is 17.8 Å². The molecule has 3 heteroatoms. The number of hydrogen-bond acceptors (Lipinski definition) is 0. The molecule has 0 N–H and O–H groups in total. The van der Waals surface area contributed by atoms with Crippen LogP contribution in [0.25, 0.3) is 49.4 Å². The van der Waals surface area contributed by atoms with Crippen LogP contribution in [-0.4, -0.2) is 9.13 Å². The first kappa shape index (κ1) is 19.5. The number of aromatic nitrogens is 3. The number of benzene rings is 3.